The first kappa shape index (κ1) is 18.1. The van der Waals surface area contributed by atoms with E-state index in [0.29, 0.717) is 12.0 Å². The van der Waals surface area contributed by atoms with Gasteiger partial charge >= 0.3 is 0 Å². The van der Waals surface area contributed by atoms with Crippen molar-refractivity contribution in [1.82, 2.24) is 10.2 Å². The summed E-state index contributed by atoms with van der Waals surface area (Å²) in [6.45, 7) is 13.7. The van der Waals surface area contributed by atoms with Gasteiger partial charge in [-0.15, -0.1) is 0 Å². The molecule has 0 saturated heterocycles. The summed E-state index contributed by atoms with van der Waals surface area (Å²) in [7, 11) is 1.77. The number of benzene rings is 1. The molecule has 0 aliphatic heterocycles. The minimum atomic E-state index is 0.447. The van der Waals surface area contributed by atoms with Crippen LogP contribution in [0.15, 0.2) is 24.3 Å². The standard InChI is InChI=1S/C18H32N2O/c1-6-20(16(4)14-21-5)13-18-9-7-8-17(10-18)12-19-11-15(2)3/h7-10,15-16,19H,6,11-14H2,1-5H3. The zero-order valence-electron chi connectivity index (χ0n) is 14.4. The molecule has 1 atom stereocenters. The highest BCUT2D eigenvalue weighted by molar-refractivity contribution is 5.23. The van der Waals surface area contributed by atoms with E-state index in [0.717, 1.165) is 32.8 Å². The lowest BCUT2D eigenvalue weighted by molar-refractivity contribution is 0.0982. The minimum Gasteiger partial charge on any atom is -0.383 e. The molecular formula is C18H32N2O. The average molecular weight is 292 g/mol. The summed E-state index contributed by atoms with van der Waals surface area (Å²) in [6, 6.07) is 9.34. The maximum atomic E-state index is 5.27. The van der Waals surface area contributed by atoms with Crippen molar-refractivity contribution in [3.63, 3.8) is 0 Å². The molecule has 0 radical (unpaired) electrons. The second kappa shape index (κ2) is 9.93. The summed E-state index contributed by atoms with van der Waals surface area (Å²) in [5.41, 5.74) is 2.74. The average Bonchev–Trinajstić information content (AvgIpc) is 2.45. The third kappa shape index (κ3) is 7.07. The zero-order chi connectivity index (χ0) is 15.7. The van der Waals surface area contributed by atoms with E-state index in [-0.39, 0.29) is 0 Å². The van der Waals surface area contributed by atoms with E-state index in [9.17, 15) is 0 Å². The number of likely N-dealkylation sites (N-methyl/N-ethyl adjacent to an activating group) is 1. The largest absolute Gasteiger partial charge is 0.383 e. The molecule has 0 aliphatic rings. The van der Waals surface area contributed by atoms with Crippen LogP contribution >= 0.6 is 0 Å². The fraction of sp³-hybridized carbons (Fsp3) is 0.667. The van der Waals surface area contributed by atoms with Crippen LogP contribution in [0.3, 0.4) is 0 Å². The highest BCUT2D eigenvalue weighted by Crippen LogP contribution is 2.11. The van der Waals surface area contributed by atoms with Gasteiger partial charge in [0.2, 0.25) is 0 Å². The first-order chi connectivity index (χ1) is 10.1. The SMILES string of the molecule is CCN(Cc1cccc(CNCC(C)C)c1)C(C)COC. The molecule has 1 aromatic rings. The molecule has 0 heterocycles. The summed E-state index contributed by atoms with van der Waals surface area (Å²) in [4.78, 5) is 2.45. The van der Waals surface area contributed by atoms with Gasteiger partial charge in [-0.05, 0) is 37.1 Å². The van der Waals surface area contributed by atoms with Crippen LogP contribution < -0.4 is 5.32 Å². The van der Waals surface area contributed by atoms with Gasteiger partial charge in [0.05, 0.1) is 6.61 Å². The lowest BCUT2D eigenvalue weighted by atomic mass is 10.1. The molecule has 0 aliphatic carbocycles. The Morgan fingerprint density at radius 3 is 2.52 bits per heavy atom. The molecule has 0 bridgehead atoms. The van der Waals surface area contributed by atoms with Gasteiger partial charge in [0, 0.05) is 26.2 Å². The monoisotopic (exact) mass is 292 g/mol. The number of nitrogens with zero attached hydrogens (tertiary/aromatic N) is 1. The molecule has 0 saturated carbocycles. The first-order valence-corrected chi connectivity index (χ1v) is 8.08. The predicted molar refractivity (Wildman–Crippen MR) is 90.4 cm³/mol. The topological polar surface area (TPSA) is 24.5 Å². The summed E-state index contributed by atoms with van der Waals surface area (Å²) in [5.74, 6) is 0.693. The van der Waals surface area contributed by atoms with Crippen molar-refractivity contribution in [3.8, 4) is 0 Å². The second-order valence-electron chi connectivity index (χ2n) is 6.21. The summed E-state index contributed by atoms with van der Waals surface area (Å²) in [6.07, 6.45) is 0. The molecular weight excluding hydrogens is 260 g/mol. The van der Waals surface area contributed by atoms with Crippen LogP contribution in [0.5, 0.6) is 0 Å². The van der Waals surface area contributed by atoms with Crippen LogP contribution in [0.2, 0.25) is 0 Å². The molecule has 3 nitrogen and oxygen atoms in total. The smallest absolute Gasteiger partial charge is 0.0615 e. The van der Waals surface area contributed by atoms with Crippen molar-refractivity contribution in [2.75, 3.05) is 26.8 Å². The molecule has 0 fully saturated rings. The van der Waals surface area contributed by atoms with Gasteiger partial charge in [-0.3, -0.25) is 4.90 Å². The third-order valence-corrected chi connectivity index (χ3v) is 3.70. The highest BCUT2D eigenvalue weighted by atomic mass is 16.5. The van der Waals surface area contributed by atoms with E-state index in [1.165, 1.54) is 11.1 Å². The Hall–Kier alpha value is -0.900. The number of hydrogen-bond acceptors (Lipinski definition) is 3. The lowest BCUT2D eigenvalue weighted by Gasteiger charge is -2.27. The predicted octanol–water partition coefficient (Wildman–Crippen LogP) is 3.29. The van der Waals surface area contributed by atoms with Crippen LogP contribution in [-0.2, 0) is 17.8 Å². The van der Waals surface area contributed by atoms with Crippen molar-refractivity contribution in [2.24, 2.45) is 5.92 Å². The Labute approximate surface area is 130 Å². The Bertz CT molecular complexity index is 393. The van der Waals surface area contributed by atoms with Gasteiger partial charge in [0.15, 0.2) is 0 Å². The van der Waals surface area contributed by atoms with Crippen LogP contribution in [0.4, 0.5) is 0 Å². The Balaban J connectivity index is 2.58. The molecule has 21 heavy (non-hydrogen) atoms. The molecule has 1 rings (SSSR count). The van der Waals surface area contributed by atoms with E-state index in [1.807, 2.05) is 0 Å². The van der Waals surface area contributed by atoms with Crippen molar-refractivity contribution in [3.05, 3.63) is 35.4 Å². The Kier molecular flexibility index (Phi) is 8.58. The van der Waals surface area contributed by atoms with Gasteiger partial charge in [-0.25, -0.2) is 0 Å². The first-order valence-electron chi connectivity index (χ1n) is 8.08. The maximum Gasteiger partial charge on any atom is 0.0615 e. The van der Waals surface area contributed by atoms with Crippen LogP contribution in [0.1, 0.15) is 38.8 Å². The summed E-state index contributed by atoms with van der Waals surface area (Å²) >= 11 is 0. The van der Waals surface area contributed by atoms with E-state index >= 15 is 0 Å². The van der Waals surface area contributed by atoms with E-state index in [2.05, 4.69) is 62.2 Å². The summed E-state index contributed by atoms with van der Waals surface area (Å²) < 4.78 is 5.27. The highest BCUT2D eigenvalue weighted by Gasteiger charge is 2.12. The number of hydrogen-bond donors (Lipinski definition) is 1. The van der Waals surface area contributed by atoms with Crippen molar-refractivity contribution in [2.45, 2.75) is 46.8 Å². The number of nitrogens with one attached hydrogen (secondary N) is 1. The molecule has 1 N–H and O–H groups in total. The number of rotatable bonds is 10. The fourth-order valence-electron chi connectivity index (χ4n) is 2.50. The van der Waals surface area contributed by atoms with Gasteiger partial charge in [0.25, 0.3) is 0 Å². The Morgan fingerprint density at radius 2 is 1.90 bits per heavy atom. The van der Waals surface area contributed by atoms with Gasteiger partial charge in [-0.2, -0.15) is 0 Å². The summed E-state index contributed by atoms with van der Waals surface area (Å²) in [5, 5.41) is 3.51. The Morgan fingerprint density at radius 1 is 1.19 bits per heavy atom. The van der Waals surface area contributed by atoms with Gasteiger partial charge < -0.3 is 10.1 Å². The molecule has 3 heteroatoms. The number of methoxy groups -OCH3 is 1. The van der Waals surface area contributed by atoms with Crippen LogP contribution in [0, 0.1) is 5.92 Å². The molecule has 0 spiro atoms. The van der Waals surface area contributed by atoms with Gasteiger partial charge in [0.1, 0.15) is 0 Å². The molecule has 120 valence electrons. The molecule has 1 aromatic carbocycles. The molecule has 0 amide bonds. The number of ether oxygens (including phenoxy) is 1. The van der Waals surface area contributed by atoms with Crippen molar-refractivity contribution >= 4 is 0 Å². The quantitative estimate of drug-likeness (QED) is 0.716. The van der Waals surface area contributed by atoms with Crippen molar-refractivity contribution in [1.29, 1.82) is 0 Å². The van der Waals surface area contributed by atoms with E-state index in [4.69, 9.17) is 4.74 Å². The fourth-order valence-corrected chi connectivity index (χ4v) is 2.50. The lowest BCUT2D eigenvalue weighted by Crippen LogP contribution is -2.35. The molecule has 0 aromatic heterocycles. The van der Waals surface area contributed by atoms with E-state index < -0.39 is 0 Å². The molecule has 1 unspecified atom stereocenters. The maximum absolute atomic E-state index is 5.27. The van der Waals surface area contributed by atoms with Crippen LogP contribution in [0.25, 0.3) is 0 Å². The third-order valence-electron chi connectivity index (χ3n) is 3.70. The van der Waals surface area contributed by atoms with Crippen LogP contribution in [-0.4, -0.2) is 37.7 Å². The van der Waals surface area contributed by atoms with E-state index in [1.54, 1.807) is 7.11 Å². The van der Waals surface area contributed by atoms with Crippen molar-refractivity contribution < 1.29 is 4.74 Å². The minimum absolute atomic E-state index is 0.447. The second-order valence-corrected chi connectivity index (χ2v) is 6.21. The normalized spacial score (nSPS) is 13.1. The van der Waals surface area contributed by atoms with Gasteiger partial charge in [-0.1, -0.05) is 45.0 Å². The zero-order valence-corrected chi connectivity index (χ0v) is 14.4.